The van der Waals surface area contributed by atoms with Crippen molar-refractivity contribution in [1.29, 1.82) is 0 Å². The molecular formula is C44H56O3Si2. The van der Waals surface area contributed by atoms with Crippen LogP contribution in [0.1, 0.15) is 60.8 Å². The summed E-state index contributed by atoms with van der Waals surface area (Å²) >= 11 is 0. The molecule has 3 nitrogen and oxygen atoms in total. The smallest absolute Gasteiger partial charge is 0.261 e. The summed E-state index contributed by atoms with van der Waals surface area (Å²) in [6.45, 7) is 15.2. The van der Waals surface area contributed by atoms with Gasteiger partial charge >= 0.3 is 0 Å². The lowest BCUT2D eigenvalue weighted by atomic mass is 9.63. The number of hydrogen-bond donors (Lipinski definition) is 1. The predicted molar refractivity (Wildman–Crippen MR) is 210 cm³/mol. The van der Waals surface area contributed by atoms with Gasteiger partial charge in [-0.1, -0.05) is 175 Å². The van der Waals surface area contributed by atoms with Gasteiger partial charge in [-0.15, -0.1) is 0 Å². The third-order valence-corrected chi connectivity index (χ3v) is 21.6. The van der Waals surface area contributed by atoms with E-state index in [0.29, 0.717) is 19.1 Å². The predicted octanol–water partition coefficient (Wildman–Crippen LogP) is 7.72. The molecule has 49 heavy (non-hydrogen) atoms. The Morgan fingerprint density at radius 1 is 0.551 bits per heavy atom. The highest BCUT2D eigenvalue weighted by atomic mass is 28.4. The minimum Gasteiger partial charge on any atom is -0.407 e. The lowest BCUT2D eigenvalue weighted by Crippen LogP contribution is -2.68. The standard InChI is InChI=1S/C44H56O3Si2/c1-43(2,3)48(36-22-11-7-12-23-36,37-24-13-8-14-25-37)46-32-35-31-34-21-19-20-30-40(34)42(45)41(35)33-47-49(44(4,5)6,38-26-15-9-16-27-38)39-28-17-10-18-29-39/h7-20,22-29,34-35,40-42,45H,21,30-33H2,1-6H3/t34-,35+,40-,41+,42-/m1/s1. The zero-order chi connectivity index (χ0) is 34.7. The van der Waals surface area contributed by atoms with Gasteiger partial charge in [-0.25, -0.2) is 0 Å². The molecule has 0 bridgehead atoms. The Kier molecular flexibility index (Phi) is 10.7. The average molecular weight is 689 g/mol. The minimum atomic E-state index is -2.79. The maximum atomic E-state index is 12.4. The van der Waals surface area contributed by atoms with Gasteiger partial charge in [-0.3, -0.25) is 0 Å². The van der Waals surface area contributed by atoms with Gasteiger partial charge in [-0.2, -0.15) is 0 Å². The topological polar surface area (TPSA) is 38.7 Å². The first-order valence-electron chi connectivity index (χ1n) is 18.3. The molecule has 258 valence electrons. The van der Waals surface area contributed by atoms with Crippen LogP contribution in [0.5, 0.6) is 0 Å². The van der Waals surface area contributed by atoms with Crippen molar-refractivity contribution in [3.8, 4) is 0 Å². The summed E-state index contributed by atoms with van der Waals surface area (Å²) in [7, 11) is -5.54. The number of allylic oxidation sites excluding steroid dienone is 2. The van der Waals surface area contributed by atoms with Crippen molar-refractivity contribution in [3.05, 3.63) is 133 Å². The molecular weight excluding hydrogens is 633 g/mol. The number of fused-ring (bicyclic) bond motifs is 1. The highest BCUT2D eigenvalue weighted by Gasteiger charge is 2.54. The molecule has 0 aliphatic heterocycles. The van der Waals surface area contributed by atoms with Gasteiger partial charge in [0.15, 0.2) is 0 Å². The normalized spacial score (nSPS) is 23.2. The molecule has 1 fully saturated rings. The Labute approximate surface area is 297 Å². The van der Waals surface area contributed by atoms with E-state index < -0.39 is 22.7 Å². The SMILES string of the molecule is CC(C)(C)[Si](OC[C@@H]1C[C@H]2CC=CC[C@H]2[C@@H](O)[C@H]1CO[Si](c1ccccc1)(c1ccccc1)C(C)(C)C)(c1ccccc1)c1ccccc1. The molecule has 0 radical (unpaired) electrons. The zero-order valence-electron chi connectivity index (χ0n) is 30.4. The molecule has 0 heterocycles. The Morgan fingerprint density at radius 2 is 0.918 bits per heavy atom. The molecule has 0 amide bonds. The van der Waals surface area contributed by atoms with Crippen LogP contribution in [-0.4, -0.2) is 41.1 Å². The fourth-order valence-electron chi connectivity index (χ4n) is 9.14. The van der Waals surface area contributed by atoms with E-state index in [1.54, 1.807) is 0 Å². The summed E-state index contributed by atoms with van der Waals surface area (Å²) in [5.74, 6) is 0.842. The Morgan fingerprint density at radius 3 is 1.31 bits per heavy atom. The van der Waals surface area contributed by atoms with Crippen LogP contribution < -0.4 is 20.7 Å². The quantitative estimate of drug-likeness (QED) is 0.137. The van der Waals surface area contributed by atoms with Crippen LogP contribution in [0.2, 0.25) is 10.1 Å². The van der Waals surface area contributed by atoms with Crippen molar-refractivity contribution < 1.29 is 14.0 Å². The summed E-state index contributed by atoms with van der Waals surface area (Å²) in [4.78, 5) is 0. The summed E-state index contributed by atoms with van der Waals surface area (Å²) in [5, 5.41) is 17.3. The molecule has 4 aromatic rings. The number of aliphatic hydroxyl groups is 1. The van der Waals surface area contributed by atoms with Gasteiger partial charge < -0.3 is 14.0 Å². The highest BCUT2D eigenvalue weighted by Crippen LogP contribution is 2.46. The van der Waals surface area contributed by atoms with Crippen molar-refractivity contribution in [2.24, 2.45) is 23.7 Å². The molecule has 0 spiro atoms. The Bertz CT molecular complexity index is 1570. The molecule has 4 aromatic carbocycles. The second kappa shape index (κ2) is 14.7. The van der Waals surface area contributed by atoms with Gasteiger partial charge in [-0.05, 0) is 67.8 Å². The van der Waals surface area contributed by atoms with Gasteiger partial charge in [0.2, 0.25) is 0 Å². The van der Waals surface area contributed by atoms with E-state index in [2.05, 4.69) is 175 Å². The number of hydrogen-bond acceptors (Lipinski definition) is 3. The number of rotatable bonds is 10. The molecule has 2 aliphatic rings. The van der Waals surface area contributed by atoms with Gasteiger partial charge in [0.25, 0.3) is 16.6 Å². The van der Waals surface area contributed by atoms with Crippen LogP contribution in [-0.2, 0) is 8.85 Å². The van der Waals surface area contributed by atoms with Crippen molar-refractivity contribution >= 4 is 37.4 Å². The van der Waals surface area contributed by atoms with Crippen LogP contribution in [0.15, 0.2) is 133 Å². The Hall–Kier alpha value is -3.07. The third kappa shape index (κ3) is 6.85. The van der Waals surface area contributed by atoms with Crippen molar-refractivity contribution in [2.45, 2.75) is 77.0 Å². The van der Waals surface area contributed by atoms with Crippen LogP contribution in [0.3, 0.4) is 0 Å². The van der Waals surface area contributed by atoms with E-state index >= 15 is 0 Å². The molecule has 5 heteroatoms. The summed E-state index contributed by atoms with van der Waals surface area (Å²) in [6.07, 6.45) is 7.16. The molecule has 2 aliphatic carbocycles. The first-order valence-corrected chi connectivity index (χ1v) is 22.1. The molecule has 0 unspecified atom stereocenters. The van der Waals surface area contributed by atoms with Crippen LogP contribution in [0.4, 0.5) is 0 Å². The largest absolute Gasteiger partial charge is 0.407 e. The number of benzene rings is 4. The van der Waals surface area contributed by atoms with Gasteiger partial charge in [0.1, 0.15) is 0 Å². The average Bonchev–Trinajstić information content (AvgIpc) is 3.10. The Balaban J connectivity index is 1.40. The first kappa shape index (κ1) is 35.7. The van der Waals surface area contributed by atoms with E-state index in [9.17, 15) is 5.11 Å². The lowest BCUT2D eigenvalue weighted by molar-refractivity contribution is -0.0739. The third-order valence-electron chi connectivity index (χ3n) is 11.5. The molecule has 6 rings (SSSR count). The molecule has 0 saturated heterocycles. The number of aliphatic hydroxyl groups excluding tert-OH is 1. The lowest BCUT2D eigenvalue weighted by Gasteiger charge is -2.50. The second-order valence-electron chi connectivity index (χ2n) is 16.5. The first-order chi connectivity index (χ1) is 23.5. The highest BCUT2D eigenvalue weighted by molar-refractivity contribution is 7.00. The molecule has 1 saturated carbocycles. The van der Waals surface area contributed by atoms with E-state index in [-0.39, 0.29) is 27.8 Å². The summed E-state index contributed by atoms with van der Waals surface area (Å²) < 4.78 is 15.2. The van der Waals surface area contributed by atoms with Crippen molar-refractivity contribution in [1.82, 2.24) is 0 Å². The summed E-state index contributed by atoms with van der Waals surface area (Å²) in [6, 6.07) is 43.7. The van der Waals surface area contributed by atoms with Crippen molar-refractivity contribution in [2.75, 3.05) is 13.2 Å². The van der Waals surface area contributed by atoms with Gasteiger partial charge in [0.05, 0.1) is 6.10 Å². The van der Waals surface area contributed by atoms with Crippen LogP contribution >= 0.6 is 0 Å². The fraction of sp³-hybridized carbons (Fsp3) is 0.409. The van der Waals surface area contributed by atoms with E-state index in [4.69, 9.17) is 8.85 Å². The second-order valence-corrected chi connectivity index (χ2v) is 25.1. The zero-order valence-corrected chi connectivity index (χ0v) is 32.4. The molecule has 0 aromatic heterocycles. The molecule has 1 N–H and O–H groups in total. The van der Waals surface area contributed by atoms with E-state index in [1.165, 1.54) is 20.7 Å². The summed E-state index contributed by atoms with van der Waals surface area (Å²) in [5.41, 5.74) is 0. The van der Waals surface area contributed by atoms with Crippen molar-refractivity contribution in [3.63, 3.8) is 0 Å². The monoisotopic (exact) mass is 688 g/mol. The van der Waals surface area contributed by atoms with Crippen LogP contribution in [0.25, 0.3) is 0 Å². The van der Waals surface area contributed by atoms with Gasteiger partial charge in [0, 0.05) is 19.1 Å². The fourth-order valence-corrected chi connectivity index (χ4v) is 18.4. The van der Waals surface area contributed by atoms with E-state index in [0.717, 1.165) is 19.3 Å². The molecule has 5 atom stereocenters. The minimum absolute atomic E-state index is 0.0346. The van der Waals surface area contributed by atoms with Crippen LogP contribution in [0, 0.1) is 23.7 Å². The maximum Gasteiger partial charge on any atom is 0.261 e. The van der Waals surface area contributed by atoms with E-state index in [1.807, 2.05) is 0 Å². The maximum absolute atomic E-state index is 12.4.